The van der Waals surface area contributed by atoms with Crippen LogP contribution < -0.4 is 5.73 Å². The summed E-state index contributed by atoms with van der Waals surface area (Å²) < 4.78 is 2.04. The second kappa shape index (κ2) is 5.71. The number of rotatable bonds is 5. The van der Waals surface area contributed by atoms with Crippen molar-refractivity contribution in [2.75, 3.05) is 5.73 Å². The second-order valence-electron chi connectivity index (χ2n) is 4.76. The molecule has 0 aliphatic rings. The quantitative estimate of drug-likeness (QED) is 0.816. The van der Waals surface area contributed by atoms with Crippen molar-refractivity contribution in [3.8, 4) is 11.1 Å². The Balaban J connectivity index is 2.15. The molecule has 2 aromatic rings. The molecular formula is C15H21N3. The highest BCUT2D eigenvalue weighted by molar-refractivity contribution is 5.65. The summed E-state index contributed by atoms with van der Waals surface area (Å²) in [4.78, 5) is 0. The van der Waals surface area contributed by atoms with Gasteiger partial charge in [-0.2, -0.15) is 5.10 Å². The second-order valence-corrected chi connectivity index (χ2v) is 4.76. The minimum atomic E-state index is 0.707. The molecule has 0 spiro atoms. The van der Waals surface area contributed by atoms with Crippen LogP contribution in [-0.4, -0.2) is 9.78 Å². The van der Waals surface area contributed by atoms with E-state index in [0.29, 0.717) is 5.92 Å². The van der Waals surface area contributed by atoms with Gasteiger partial charge in [-0.1, -0.05) is 38.8 Å². The zero-order valence-electron chi connectivity index (χ0n) is 11.1. The lowest BCUT2D eigenvalue weighted by atomic mass is 10.0. The van der Waals surface area contributed by atoms with Crippen molar-refractivity contribution in [1.29, 1.82) is 0 Å². The van der Waals surface area contributed by atoms with E-state index in [1.807, 2.05) is 29.1 Å². The first-order valence-corrected chi connectivity index (χ1v) is 6.61. The molecule has 1 aromatic carbocycles. The van der Waals surface area contributed by atoms with E-state index in [-0.39, 0.29) is 0 Å². The summed E-state index contributed by atoms with van der Waals surface area (Å²) in [6.45, 7) is 5.46. The lowest BCUT2D eigenvalue weighted by molar-refractivity contribution is 0.396. The first-order valence-electron chi connectivity index (χ1n) is 6.61. The van der Waals surface area contributed by atoms with Gasteiger partial charge in [0.05, 0.1) is 6.20 Å². The molecule has 0 fully saturated rings. The molecule has 2 N–H and O–H groups in total. The maximum absolute atomic E-state index is 5.80. The SMILES string of the molecule is CCC(CC)Cn1cc(-c2cccc(N)c2)cn1. The minimum absolute atomic E-state index is 0.707. The average Bonchev–Trinajstić information content (AvgIpc) is 2.84. The molecule has 2 rings (SSSR count). The van der Waals surface area contributed by atoms with Crippen molar-refractivity contribution in [1.82, 2.24) is 9.78 Å². The number of anilines is 1. The zero-order chi connectivity index (χ0) is 13.0. The fraction of sp³-hybridized carbons (Fsp3) is 0.400. The van der Waals surface area contributed by atoms with Crippen LogP contribution in [-0.2, 0) is 6.54 Å². The summed E-state index contributed by atoms with van der Waals surface area (Å²) in [5.41, 5.74) is 8.85. The van der Waals surface area contributed by atoms with Gasteiger partial charge < -0.3 is 5.73 Å². The molecule has 0 amide bonds. The van der Waals surface area contributed by atoms with Crippen LogP contribution in [0.25, 0.3) is 11.1 Å². The molecule has 96 valence electrons. The van der Waals surface area contributed by atoms with Gasteiger partial charge in [0, 0.05) is 24.0 Å². The molecule has 0 unspecified atom stereocenters. The van der Waals surface area contributed by atoms with Gasteiger partial charge >= 0.3 is 0 Å². The molecule has 0 atom stereocenters. The van der Waals surface area contributed by atoms with E-state index in [9.17, 15) is 0 Å². The van der Waals surface area contributed by atoms with Gasteiger partial charge in [0.25, 0.3) is 0 Å². The van der Waals surface area contributed by atoms with Crippen LogP contribution in [0, 0.1) is 5.92 Å². The van der Waals surface area contributed by atoms with Crippen molar-refractivity contribution in [2.24, 2.45) is 5.92 Å². The summed E-state index contributed by atoms with van der Waals surface area (Å²) in [7, 11) is 0. The number of nitrogens with two attached hydrogens (primary N) is 1. The van der Waals surface area contributed by atoms with E-state index in [0.717, 1.165) is 23.4 Å². The van der Waals surface area contributed by atoms with Crippen molar-refractivity contribution in [3.05, 3.63) is 36.7 Å². The summed E-state index contributed by atoms with van der Waals surface area (Å²) in [6.07, 6.45) is 6.41. The predicted molar refractivity (Wildman–Crippen MR) is 76.1 cm³/mol. The van der Waals surface area contributed by atoms with Crippen LogP contribution >= 0.6 is 0 Å². The molecule has 1 heterocycles. The Labute approximate surface area is 109 Å². The van der Waals surface area contributed by atoms with E-state index in [2.05, 4.69) is 31.2 Å². The number of hydrogen-bond acceptors (Lipinski definition) is 2. The molecule has 3 heteroatoms. The third-order valence-corrected chi connectivity index (χ3v) is 3.45. The Hall–Kier alpha value is -1.77. The summed E-state index contributed by atoms with van der Waals surface area (Å²) >= 11 is 0. The van der Waals surface area contributed by atoms with Crippen molar-refractivity contribution in [2.45, 2.75) is 33.2 Å². The van der Waals surface area contributed by atoms with Gasteiger partial charge in [-0.05, 0) is 23.6 Å². The Morgan fingerprint density at radius 3 is 2.67 bits per heavy atom. The highest BCUT2D eigenvalue weighted by Crippen LogP contribution is 2.21. The van der Waals surface area contributed by atoms with Crippen LogP contribution in [0.3, 0.4) is 0 Å². The third-order valence-electron chi connectivity index (χ3n) is 3.45. The molecule has 0 aliphatic carbocycles. The monoisotopic (exact) mass is 243 g/mol. The number of hydrogen-bond donors (Lipinski definition) is 1. The topological polar surface area (TPSA) is 43.8 Å². The van der Waals surface area contributed by atoms with E-state index in [4.69, 9.17) is 5.73 Å². The van der Waals surface area contributed by atoms with Crippen LogP contribution in [0.15, 0.2) is 36.7 Å². The number of benzene rings is 1. The third kappa shape index (κ3) is 2.92. The lowest BCUT2D eigenvalue weighted by Crippen LogP contribution is -2.09. The van der Waals surface area contributed by atoms with E-state index in [1.165, 1.54) is 12.8 Å². The molecule has 0 saturated carbocycles. The normalized spacial score (nSPS) is 11.1. The standard InChI is InChI=1S/C15H21N3/c1-3-12(4-2)10-18-11-14(9-17-18)13-6-5-7-15(16)8-13/h5-9,11-12H,3-4,10,16H2,1-2H3. The van der Waals surface area contributed by atoms with E-state index >= 15 is 0 Å². The lowest BCUT2D eigenvalue weighted by Gasteiger charge is -2.11. The summed E-state index contributed by atoms with van der Waals surface area (Å²) in [5, 5.41) is 4.43. The van der Waals surface area contributed by atoms with Crippen LogP contribution in [0.2, 0.25) is 0 Å². The van der Waals surface area contributed by atoms with Gasteiger partial charge in [0.2, 0.25) is 0 Å². The van der Waals surface area contributed by atoms with Crippen molar-refractivity contribution < 1.29 is 0 Å². The number of nitrogens with zero attached hydrogens (tertiary/aromatic N) is 2. The Morgan fingerprint density at radius 1 is 1.22 bits per heavy atom. The van der Waals surface area contributed by atoms with Gasteiger partial charge in [0.15, 0.2) is 0 Å². The number of nitrogen functional groups attached to an aromatic ring is 1. The molecule has 3 nitrogen and oxygen atoms in total. The molecule has 0 radical (unpaired) electrons. The Kier molecular flexibility index (Phi) is 4.03. The van der Waals surface area contributed by atoms with Crippen LogP contribution in [0.4, 0.5) is 5.69 Å². The van der Waals surface area contributed by atoms with Crippen molar-refractivity contribution in [3.63, 3.8) is 0 Å². The van der Waals surface area contributed by atoms with Crippen molar-refractivity contribution >= 4 is 5.69 Å². The Bertz CT molecular complexity index is 498. The smallest absolute Gasteiger partial charge is 0.0568 e. The molecule has 0 aliphatic heterocycles. The van der Waals surface area contributed by atoms with E-state index in [1.54, 1.807) is 0 Å². The highest BCUT2D eigenvalue weighted by atomic mass is 15.3. The molecule has 18 heavy (non-hydrogen) atoms. The first-order chi connectivity index (χ1) is 8.72. The predicted octanol–water partition coefficient (Wildman–Crippen LogP) is 3.57. The molecular weight excluding hydrogens is 222 g/mol. The fourth-order valence-electron chi connectivity index (χ4n) is 2.14. The summed E-state index contributed by atoms with van der Waals surface area (Å²) in [5.74, 6) is 0.707. The highest BCUT2D eigenvalue weighted by Gasteiger charge is 2.07. The molecule has 1 aromatic heterocycles. The van der Waals surface area contributed by atoms with Gasteiger partial charge in [-0.15, -0.1) is 0 Å². The maximum Gasteiger partial charge on any atom is 0.0568 e. The van der Waals surface area contributed by atoms with Crippen LogP contribution in [0.1, 0.15) is 26.7 Å². The Morgan fingerprint density at radius 2 is 2.00 bits per heavy atom. The minimum Gasteiger partial charge on any atom is -0.399 e. The maximum atomic E-state index is 5.80. The summed E-state index contributed by atoms with van der Waals surface area (Å²) in [6, 6.07) is 7.92. The number of aromatic nitrogens is 2. The zero-order valence-corrected chi connectivity index (χ0v) is 11.1. The van der Waals surface area contributed by atoms with Crippen LogP contribution in [0.5, 0.6) is 0 Å². The molecule has 0 bridgehead atoms. The van der Waals surface area contributed by atoms with Gasteiger partial charge in [-0.3, -0.25) is 4.68 Å². The van der Waals surface area contributed by atoms with Gasteiger partial charge in [-0.25, -0.2) is 0 Å². The largest absolute Gasteiger partial charge is 0.399 e. The average molecular weight is 243 g/mol. The van der Waals surface area contributed by atoms with E-state index < -0.39 is 0 Å². The molecule has 0 saturated heterocycles. The van der Waals surface area contributed by atoms with Gasteiger partial charge in [0.1, 0.15) is 0 Å². The fourth-order valence-corrected chi connectivity index (χ4v) is 2.14. The first kappa shape index (κ1) is 12.7.